The molecule has 1 aromatic rings. The average molecular weight is 578 g/mol. The van der Waals surface area contributed by atoms with Crippen molar-refractivity contribution in [1.29, 1.82) is 0 Å². The highest BCUT2D eigenvalue weighted by atomic mass is 32.2. The van der Waals surface area contributed by atoms with Gasteiger partial charge in [-0.2, -0.15) is 0 Å². The standard InChI is InChI=1S/C23H31N9O7S/c1-9-16-15(10(2)26-14(33)8-31-19(23(38)39)27-28-29-31)21(35)32(16)17(22(36)37)18(9)40-12-5-13(25-6-12)20(34)30-4-3-11(24)7-30/h9-13,15-16,25H,3-8,24H2,1-2H3,(H,26,33)(H,36,37)(H,38,39)/t9-,10-,11-,12+,13+,15-,16-/m1/s1. The van der Waals surface area contributed by atoms with E-state index < -0.39 is 54.1 Å². The molecule has 4 aliphatic rings. The number of nitrogens with zero attached hydrogens (tertiary/aromatic N) is 6. The Morgan fingerprint density at radius 3 is 2.65 bits per heavy atom. The van der Waals surface area contributed by atoms with Crippen molar-refractivity contribution in [2.75, 3.05) is 19.6 Å². The monoisotopic (exact) mass is 577 g/mol. The Morgan fingerprint density at radius 1 is 1.25 bits per heavy atom. The highest BCUT2D eigenvalue weighted by Crippen LogP contribution is 2.51. The molecule has 0 unspecified atom stereocenters. The fourth-order valence-electron chi connectivity index (χ4n) is 6.05. The zero-order chi connectivity index (χ0) is 28.9. The van der Waals surface area contributed by atoms with Gasteiger partial charge in [0, 0.05) is 47.8 Å². The quantitative estimate of drug-likeness (QED) is 0.194. The van der Waals surface area contributed by atoms with Crippen molar-refractivity contribution in [2.45, 2.75) is 62.7 Å². The number of nitrogens with two attached hydrogens (primary N) is 1. The van der Waals surface area contributed by atoms with Gasteiger partial charge in [0.15, 0.2) is 0 Å². The van der Waals surface area contributed by atoms with E-state index in [1.54, 1.807) is 11.8 Å². The number of carboxylic acids is 2. The lowest BCUT2D eigenvalue weighted by atomic mass is 9.78. The normalized spacial score (nSPS) is 30.3. The number of carboxylic acid groups (broad SMARTS) is 2. The number of thioether (sulfide) groups is 1. The van der Waals surface area contributed by atoms with Crippen LogP contribution in [0.2, 0.25) is 0 Å². The van der Waals surface area contributed by atoms with Gasteiger partial charge in [0.25, 0.3) is 5.82 Å². The number of carbonyl (C=O) groups is 5. The van der Waals surface area contributed by atoms with Crippen molar-refractivity contribution in [2.24, 2.45) is 17.6 Å². The van der Waals surface area contributed by atoms with Gasteiger partial charge < -0.3 is 36.4 Å². The minimum Gasteiger partial charge on any atom is -0.477 e. The lowest BCUT2D eigenvalue weighted by Crippen LogP contribution is -2.66. The Morgan fingerprint density at radius 2 is 2.00 bits per heavy atom. The van der Waals surface area contributed by atoms with Crippen molar-refractivity contribution in [3.63, 3.8) is 0 Å². The number of nitrogens with one attached hydrogen (secondary N) is 2. The number of rotatable bonds is 9. The molecule has 5 heterocycles. The lowest BCUT2D eigenvalue weighted by molar-refractivity contribution is -0.158. The third-order valence-electron chi connectivity index (χ3n) is 7.95. The first-order chi connectivity index (χ1) is 19.0. The summed E-state index contributed by atoms with van der Waals surface area (Å²) in [5, 5.41) is 35.2. The molecule has 216 valence electrons. The predicted molar refractivity (Wildman–Crippen MR) is 137 cm³/mol. The zero-order valence-electron chi connectivity index (χ0n) is 21.9. The van der Waals surface area contributed by atoms with Gasteiger partial charge in [-0.15, -0.1) is 16.9 Å². The zero-order valence-corrected chi connectivity index (χ0v) is 22.7. The molecule has 40 heavy (non-hydrogen) atoms. The Bertz CT molecular complexity index is 1280. The second kappa shape index (κ2) is 10.8. The molecule has 3 fully saturated rings. The summed E-state index contributed by atoms with van der Waals surface area (Å²) in [6, 6.07) is -1.49. The van der Waals surface area contributed by atoms with E-state index in [9.17, 15) is 29.1 Å². The molecule has 0 aromatic carbocycles. The number of hydrogen-bond donors (Lipinski definition) is 5. The van der Waals surface area contributed by atoms with Crippen LogP contribution >= 0.6 is 11.8 Å². The largest absolute Gasteiger partial charge is 0.477 e. The fraction of sp³-hybridized carbons (Fsp3) is 0.652. The number of hydrogen-bond acceptors (Lipinski definition) is 11. The molecule has 17 heteroatoms. The van der Waals surface area contributed by atoms with Crippen LogP contribution < -0.4 is 16.4 Å². The van der Waals surface area contributed by atoms with E-state index in [2.05, 4.69) is 26.2 Å². The summed E-state index contributed by atoms with van der Waals surface area (Å²) in [7, 11) is 0. The smallest absolute Gasteiger partial charge is 0.375 e. The molecule has 3 saturated heterocycles. The van der Waals surface area contributed by atoms with Crippen LogP contribution in [-0.4, -0.2) is 119 Å². The Hall–Kier alpha value is -3.57. The van der Waals surface area contributed by atoms with Crippen LogP contribution in [0, 0.1) is 11.8 Å². The number of β-lactam (4-membered cyclic amide) rings is 1. The van der Waals surface area contributed by atoms with Crippen molar-refractivity contribution in [1.82, 2.24) is 40.6 Å². The van der Waals surface area contributed by atoms with Crippen molar-refractivity contribution >= 4 is 41.4 Å². The molecular formula is C23H31N9O7S. The maximum atomic E-state index is 13.2. The van der Waals surface area contributed by atoms with Gasteiger partial charge in [-0.3, -0.25) is 14.4 Å². The number of aliphatic carboxylic acids is 1. The minimum absolute atomic E-state index is 0.00346. The highest BCUT2D eigenvalue weighted by Gasteiger charge is 2.60. The van der Waals surface area contributed by atoms with Crippen LogP contribution in [0.1, 0.15) is 37.3 Å². The summed E-state index contributed by atoms with van der Waals surface area (Å²) in [6.07, 6.45) is 1.30. The Labute approximate surface area is 232 Å². The molecule has 4 aliphatic heterocycles. The van der Waals surface area contributed by atoms with Crippen LogP contribution in [0.5, 0.6) is 0 Å². The maximum absolute atomic E-state index is 13.2. The van der Waals surface area contributed by atoms with E-state index in [0.29, 0.717) is 31.0 Å². The van der Waals surface area contributed by atoms with E-state index in [1.165, 1.54) is 16.7 Å². The number of aromatic carboxylic acids is 1. The first-order valence-corrected chi connectivity index (χ1v) is 13.9. The number of carbonyl (C=O) groups excluding carboxylic acids is 3. The Balaban J connectivity index is 1.23. The van der Waals surface area contributed by atoms with Gasteiger partial charge in [-0.05, 0) is 30.2 Å². The molecule has 3 amide bonds. The van der Waals surface area contributed by atoms with Crippen LogP contribution in [0.3, 0.4) is 0 Å². The number of fused-ring (bicyclic) bond motifs is 1. The van der Waals surface area contributed by atoms with Gasteiger partial charge >= 0.3 is 11.9 Å². The third-order valence-corrected chi connectivity index (χ3v) is 9.47. The van der Waals surface area contributed by atoms with E-state index in [4.69, 9.17) is 10.8 Å². The van der Waals surface area contributed by atoms with Crippen LogP contribution in [0.4, 0.5) is 0 Å². The first-order valence-electron chi connectivity index (χ1n) is 13.0. The molecule has 16 nitrogen and oxygen atoms in total. The second-order valence-electron chi connectivity index (χ2n) is 10.6. The molecule has 0 radical (unpaired) electrons. The number of tetrazole rings is 1. The number of aromatic nitrogens is 4. The summed E-state index contributed by atoms with van der Waals surface area (Å²) in [6.45, 7) is 4.74. The summed E-state index contributed by atoms with van der Waals surface area (Å²) >= 11 is 1.39. The van der Waals surface area contributed by atoms with Crippen LogP contribution in [-0.2, 0) is 25.7 Å². The summed E-state index contributed by atoms with van der Waals surface area (Å²) in [5.74, 6) is -5.06. The third kappa shape index (κ3) is 4.92. The van der Waals surface area contributed by atoms with Crippen LogP contribution in [0.15, 0.2) is 10.6 Å². The summed E-state index contributed by atoms with van der Waals surface area (Å²) in [5.41, 5.74) is 5.89. The van der Waals surface area contributed by atoms with Gasteiger partial charge in [-0.25, -0.2) is 14.3 Å². The Kier molecular flexibility index (Phi) is 7.54. The fourth-order valence-corrected chi connectivity index (χ4v) is 7.53. The lowest BCUT2D eigenvalue weighted by Gasteiger charge is -2.47. The first kappa shape index (κ1) is 28.0. The van der Waals surface area contributed by atoms with Gasteiger partial charge in [-0.1, -0.05) is 6.92 Å². The molecular weight excluding hydrogens is 546 g/mol. The topological polar surface area (TPSA) is 226 Å². The highest BCUT2D eigenvalue weighted by molar-refractivity contribution is 8.03. The molecule has 0 bridgehead atoms. The summed E-state index contributed by atoms with van der Waals surface area (Å²) < 4.78 is 0.835. The molecule has 1 aromatic heterocycles. The molecule has 0 aliphatic carbocycles. The van der Waals surface area contributed by atoms with Crippen molar-refractivity contribution < 1.29 is 34.2 Å². The van der Waals surface area contributed by atoms with E-state index in [1.807, 2.05) is 6.92 Å². The van der Waals surface area contributed by atoms with Crippen LogP contribution in [0.25, 0.3) is 0 Å². The predicted octanol–water partition coefficient (Wildman–Crippen LogP) is -2.33. The van der Waals surface area contributed by atoms with Gasteiger partial charge in [0.1, 0.15) is 12.2 Å². The molecule has 0 saturated carbocycles. The van der Waals surface area contributed by atoms with Gasteiger partial charge in [0.2, 0.25) is 17.7 Å². The van der Waals surface area contributed by atoms with E-state index in [-0.39, 0.29) is 34.9 Å². The number of amides is 3. The van der Waals surface area contributed by atoms with E-state index in [0.717, 1.165) is 11.1 Å². The molecule has 6 N–H and O–H groups in total. The van der Waals surface area contributed by atoms with E-state index >= 15 is 0 Å². The molecule has 0 spiro atoms. The van der Waals surface area contributed by atoms with Gasteiger partial charge in [0.05, 0.1) is 18.0 Å². The second-order valence-corrected chi connectivity index (χ2v) is 12.0. The minimum atomic E-state index is -1.39. The van der Waals surface area contributed by atoms with Crippen molar-refractivity contribution in [3.05, 3.63) is 16.4 Å². The van der Waals surface area contributed by atoms with Crippen molar-refractivity contribution in [3.8, 4) is 0 Å². The maximum Gasteiger partial charge on any atom is 0.375 e. The molecule has 5 rings (SSSR count). The average Bonchev–Trinajstić information content (AvgIpc) is 3.67. The number of likely N-dealkylation sites (tertiary alicyclic amines) is 1. The molecule has 7 atom stereocenters. The SMILES string of the molecule is C[C@@H](NC(=O)Cn1nnnc1C(=O)O)[C@H]1C(=O)N2C(C(=O)O)=C(S[C@@H]3CN[C@H](C(=O)N4CC[C@@H](N)C4)C3)[C@H](C)[C@H]12. The summed E-state index contributed by atoms with van der Waals surface area (Å²) in [4.78, 5) is 65.7.